The van der Waals surface area contributed by atoms with Gasteiger partial charge in [0.1, 0.15) is 11.5 Å². The SMILES string of the molecule is COc1ccc(-c2cc(C(=O)NCCCN3CCOCC3)c3cc(C)ccc3n2)c(OC)c1. The number of pyridine rings is 1. The molecule has 7 heteroatoms. The summed E-state index contributed by atoms with van der Waals surface area (Å²) in [4.78, 5) is 20.4. The molecule has 1 fully saturated rings. The number of ether oxygens (including phenoxy) is 3. The average Bonchev–Trinajstić information content (AvgIpc) is 2.86. The number of hydrogen-bond donors (Lipinski definition) is 1. The first-order valence-electron chi connectivity index (χ1n) is 11.3. The van der Waals surface area contributed by atoms with Crippen LogP contribution in [0.4, 0.5) is 0 Å². The number of methoxy groups -OCH3 is 2. The molecule has 0 radical (unpaired) electrons. The molecule has 7 nitrogen and oxygen atoms in total. The third-order valence-corrected chi connectivity index (χ3v) is 5.93. The highest BCUT2D eigenvalue weighted by molar-refractivity contribution is 6.07. The Bertz CT molecular complexity index is 1130. The monoisotopic (exact) mass is 449 g/mol. The molecule has 1 saturated heterocycles. The predicted molar refractivity (Wildman–Crippen MR) is 129 cm³/mol. The third-order valence-electron chi connectivity index (χ3n) is 5.93. The molecule has 1 N–H and O–H groups in total. The Hall–Kier alpha value is -3.16. The van der Waals surface area contributed by atoms with Crippen LogP contribution >= 0.6 is 0 Å². The van der Waals surface area contributed by atoms with Crippen molar-refractivity contribution in [3.05, 3.63) is 53.6 Å². The molecule has 0 aliphatic carbocycles. The van der Waals surface area contributed by atoms with Gasteiger partial charge in [-0.2, -0.15) is 0 Å². The highest BCUT2D eigenvalue weighted by atomic mass is 16.5. The summed E-state index contributed by atoms with van der Waals surface area (Å²) in [5.41, 5.74) is 3.96. The number of rotatable bonds is 8. The lowest BCUT2D eigenvalue weighted by atomic mass is 10.0. The van der Waals surface area contributed by atoms with E-state index in [0.29, 0.717) is 29.3 Å². The number of fused-ring (bicyclic) bond motifs is 1. The Morgan fingerprint density at radius 1 is 1.09 bits per heavy atom. The maximum Gasteiger partial charge on any atom is 0.252 e. The molecule has 3 aromatic rings. The standard InChI is InChI=1S/C26H31N3O4/c1-18-5-8-23-21(15-18)22(26(30)27-9-4-10-29-11-13-33-14-12-29)17-24(28-23)20-7-6-19(31-2)16-25(20)32-3/h5-8,15-17H,4,9-14H2,1-3H3,(H,27,30). The van der Waals surface area contributed by atoms with E-state index in [4.69, 9.17) is 19.2 Å². The van der Waals surface area contributed by atoms with Crippen molar-refractivity contribution in [3.8, 4) is 22.8 Å². The van der Waals surface area contributed by atoms with E-state index in [9.17, 15) is 4.79 Å². The molecule has 0 bridgehead atoms. The largest absolute Gasteiger partial charge is 0.497 e. The van der Waals surface area contributed by atoms with Crippen molar-refractivity contribution >= 4 is 16.8 Å². The molecule has 33 heavy (non-hydrogen) atoms. The first-order valence-corrected chi connectivity index (χ1v) is 11.3. The Kier molecular flexibility index (Phi) is 7.42. The normalized spacial score (nSPS) is 14.3. The van der Waals surface area contributed by atoms with Crippen LogP contribution in [0.15, 0.2) is 42.5 Å². The van der Waals surface area contributed by atoms with Crippen molar-refractivity contribution in [2.24, 2.45) is 0 Å². The molecule has 4 rings (SSSR count). The maximum absolute atomic E-state index is 13.2. The van der Waals surface area contributed by atoms with Crippen LogP contribution in [0.5, 0.6) is 11.5 Å². The molecule has 1 aliphatic heterocycles. The molecule has 1 amide bonds. The van der Waals surface area contributed by atoms with Gasteiger partial charge in [-0.05, 0) is 50.2 Å². The van der Waals surface area contributed by atoms with Crippen LogP contribution in [0, 0.1) is 6.92 Å². The summed E-state index contributed by atoms with van der Waals surface area (Å²) in [6, 6.07) is 13.4. The molecule has 1 aromatic heterocycles. The molecular formula is C26H31N3O4. The number of carbonyl (C=O) groups excluding carboxylic acids is 1. The number of nitrogens with one attached hydrogen (secondary N) is 1. The summed E-state index contributed by atoms with van der Waals surface area (Å²) in [6.07, 6.45) is 0.896. The van der Waals surface area contributed by atoms with E-state index < -0.39 is 0 Å². The Balaban J connectivity index is 1.60. The summed E-state index contributed by atoms with van der Waals surface area (Å²) in [6.45, 7) is 7.06. The van der Waals surface area contributed by atoms with Gasteiger partial charge in [0.05, 0.1) is 44.2 Å². The van der Waals surface area contributed by atoms with E-state index in [0.717, 1.165) is 61.3 Å². The smallest absolute Gasteiger partial charge is 0.252 e. The summed E-state index contributed by atoms with van der Waals surface area (Å²) in [5, 5.41) is 3.94. The third kappa shape index (κ3) is 5.43. The van der Waals surface area contributed by atoms with Gasteiger partial charge in [-0.15, -0.1) is 0 Å². The van der Waals surface area contributed by atoms with Gasteiger partial charge in [0, 0.05) is 36.7 Å². The van der Waals surface area contributed by atoms with Crippen LogP contribution in [0.1, 0.15) is 22.3 Å². The van der Waals surface area contributed by atoms with Gasteiger partial charge in [-0.3, -0.25) is 9.69 Å². The van der Waals surface area contributed by atoms with Crippen LogP contribution in [0.2, 0.25) is 0 Å². The van der Waals surface area contributed by atoms with Gasteiger partial charge in [0.15, 0.2) is 0 Å². The highest BCUT2D eigenvalue weighted by Gasteiger charge is 2.17. The predicted octanol–water partition coefficient (Wildman–Crippen LogP) is 3.68. The molecular weight excluding hydrogens is 418 g/mol. The van der Waals surface area contributed by atoms with Gasteiger partial charge in [-0.25, -0.2) is 4.98 Å². The second-order valence-corrected chi connectivity index (χ2v) is 8.21. The Morgan fingerprint density at radius 3 is 2.67 bits per heavy atom. The van der Waals surface area contributed by atoms with Crippen molar-refractivity contribution in [3.63, 3.8) is 0 Å². The molecule has 2 aromatic carbocycles. The number of nitrogens with zero attached hydrogens (tertiary/aromatic N) is 2. The zero-order chi connectivity index (χ0) is 23.2. The first kappa shape index (κ1) is 23.0. The van der Waals surface area contributed by atoms with Gasteiger partial charge >= 0.3 is 0 Å². The van der Waals surface area contributed by atoms with Crippen molar-refractivity contribution < 1.29 is 19.0 Å². The van der Waals surface area contributed by atoms with Crippen molar-refractivity contribution in [2.75, 3.05) is 53.6 Å². The fraction of sp³-hybridized carbons (Fsp3) is 0.385. The van der Waals surface area contributed by atoms with Crippen LogP contribution in [-0.2, 0) is 4.74 Å². The summed E-state index contributed by atoms with van der Waals surface area (Å²) >= 11 is 0. The van der Waals surface area contributed by atoms with E-state index in [2.05, 4.69) is 10.2 Å². The fourth-order valence-corrected chi connectivity index (χ4v) is 4.10. The summed E-state index contributed by atoms with van der Waals surface area (Å²) in [7, 11) is 3.23. The zero-order valence-electron chi connectivity index (χ0n) is 19.5. The van der Waals surface area contributed by atoms with Crippen LogP contribution < -0.4 is 14.8 Å². The molecule has 1 aliphatic rings. The van der Waals surface area contributed by atoms with Crippen molar-refractivity contribution in [1.29, 1.82) is 0 Å². The van der Waals surface area contributed by atoms with E-state index >= 15 is 0 Å². The van der Waals surface area contributed by atoms with E-state index in [1.807, 2.05) is 49.4 Å². The quantitative estimate of drug-likeness (QED) is 0.529. The number of carbonyl (C=O) groups is 1. The number of hydrogen-bond acceptors (Lipinski definition) is 6. The molecule has 0 atom stereocenters. The van der Waals surface area contributed by atoms with E-state index in [1.54, 1.807) is 14.2 Å². The van der Waals surface area contributed by atoms with E-state index in [-0.39, 0.29) is 5.91 Å². The van der Waals surface area contributed by atoms with Crippen LogP contribution in [0.25, 0.3) is 22.2 Å². The van der Waals surface area contributed by atoms with Crippen LogP contribution in [-0.4, -0.2) is 69.4 Å². The minimum Gasteiger partial charge on any atom is -0.497 e. The van der Waals surface area contributed by atoms with Crippen LogP contribution in [0.3, 0.4) is 0 Å². The van der Waals surface area contributed by atoms with Crippen molar-refractivity contribution in [2.45, 2.75) is 13.3 Å². The molecule has 0 saturated carbocycles. The van der Waals surface area contributed by atoms with Gasteiger partial charge in [-0.1, -0.05) is 11.6 Å². The Labute approximate surface area is 194 Å². The minimum absolute atomic E-state index is 0.0938. The molecule has 2 heterocycles. The number of amides is 1. The molecule has 0 unspecified atom stereocenters. The highest BCUT2D eigenvalue weighted by Crippen LogP contribution is 2.34. The lowest BCUT2D eigenvalue weighted by molar-refractivity contribution is 0.0374. The van der Waals surface area contributed by atoms with Crippen molar-refractivity contribution in [1.82, 2.24) is 15.2 Å². The maximum atomic E-state index is 13.2. The fourth-order valence-electron chi connectivity index (χ4n) is 4.10. The zero-order valence-corrected chi connectivity index (χ0v) is 19.5. The van der Waals surface area contributed by atoms with Gasteiger partial charge in [0.25, 0.3) is 5.91 Å². The lowest BCUT2D eigenvalue weighted by Gasteiger charge is -2.26. The minimum atomic E-state index is -0.0938. The van der Waals surface area contributed by atoms with Gasteiger partial charge in [0.2, 0.25) is 0 Å². The first-order chi connectivity index (χ1) is 16.1. The number of aromatic nitrogens is 1. The lowest BCUT2D eigenvalue weighted by Crippen LogP contribution is -2.38. The van der Waals surface area contributed by atoms with E-state index in [1.165, 1.54) is 0 Å². The molecule has 0 spiro atoms. The second-order valence-electron chi connectivity index (χ2n) is 8.21. The Morgan fingerprint density at radius 2 is 1.91 bits per heavy atom. The van der Waals surface area contributed by atoms with Gasteiger partial charge < -0.3 is 19.5 Å². The average molecular weight is 450 g/mol. The summed E-state index contributed by atoms with van der Waals surface area (Å²) < 4.78 is 16.3. The number of morpholine rings is 1. The second kappa shape index (κ2) is 10.6. The topological polar surface area (TPSA) is 72.9 Å². The number of aryl methyl sites for hydroxylation is 1. The summed E-state index contributed by atoms with van der Waals surface area (Å²) in [5.74, 6) is 1.25. The molecule has 174 valence electrons. The number of benzene rings is 2.